The molecular weight excluding hydrogens is 340 g/mol. The summed E-state index contributed by atoms with van der Waals surface area (Å²) in [6.07, 6.45) is 1.15. The van der Waals surface area contributed by atoms with Crippen LogP contribution in [0, 0.1) is 17.2 Å². The number of carbonyl (C=O) groups excluding carboxylic acids is 2. The van der Waals surface area contributed by atoms with E-state index in [2.05, 4.69) is 11.4 Å². The monoisotopic (exact) mass is 364 g/mol. The van der Waals surface area contributed by atoms with E-state index in [1.165, 1.54) is 0 Å². The van der Waals surface area contributed by atoms with Gasteiger partial charge in [-0.15, -0.1) is 0 Å². The zero-order valence-corrected chi connectivity index (χ0v) is 15.6. The number of amides is 1. The predicted molar refractivity (Wildman–Crippen MR) is 104 cm³/mol. The summed E-state index contributed by atoms with van der Waals surface area (Å²) < 4.78 is 5.28. The summed E-state index contributed by atoms with van der Waals surface area (Å²) in [4.78, 5) is 24.7. The molecular formula is C22H24N2O3. The Bertz CT molecular complexity index is 795. The van der Waals surface area contributed by atoms with Crippen molar-refractivity contribution in [3.05, 3.63) is 65.7 Å². The van der Waals surface area contributed by atoms with Crippen molar-refractivity contribution in [3.63, 3.8) is 0 Å². The van der Waals surface area contributed by atoms with Crippen LogP contribution in [0.15, 0.2) is 54.6 Å². The zero-order chi connectivity index (χ0) is 19.6. The van der Waals surface area contributed by atoms with Gasteiger partial charge in [0.1, 0.15) is 0 Å². The molecule has 2 aromatic rings. The molecule has 0 fully saturated rings. The third kappa shape index (κ3) is 5.96. The standard InChI is InChI=1S/C22H24N2O3/c1-3-16(2)21(18-7-5-4-6-8-18)22(26)27-15-20(25)24-19-11-9-17(10-12-19)13-14-23/h4-12,16,21H,3,13,15H2,1-2H3,(H,24,25)/t16-,21-/m0/s1. The van der Waals surface area contributed by atoms with Crippen molar-refractivity contribution in [2.45, 2.75) is 32.6 Å². The first-order valence-electron chi connectivity index (χ1n) is 9.02. The van der Waals surface area contributed by atoms with Gasteiger partial charge in [0.05, 0.1) is 18.4 Å². The normalized spacial score (nSPS) is 12.5. The van der Waals surface area contributed by atoms with Gasteiger partial charge in [0, 0.05) is 5.69 Å². The number of hydrogen-bond acceptors (Lipinski definition) is 4. The van der Waals surface area contributed by atoms with E-state index in [4.69, 9.17) is 10.00 Å². The van der Waals surface area contributed by atoms with Crippen LogP contribution in [0.3, 0.4) is 0 Å². The van der Waals surface area contributed by atoms with Crippen molar-refractivity contribution in [1.82, 2.24) is 0 Å². The number of nitrogens with one attached hydrogen (secondary N) is 1. The fourth-order valence-corrected chi connectivity index (χ4v) is 2.81. The van der Waals surface area contributed by atoms with Crippen LogP contribution in [0.2, 0.25) is 0 Å². The Labute approximate surface area is 160 Å². The van der Waals surface area contributed by atoms with Gasteiger partial charge in [-0.05, 0) is 29.2 Å². The van der Waals surface area contributed by atoms with Gasteiger partial charge < -0.3 is 10.1 Å². The van der Waals surface area contributed by atoms with Crippen molar-refractivity contribution in [2.75, 3.05) is 11.9 Å². The van der Waals surface area contributed by atoms with Crippen LogP contribution in [0.25, 0.3) is 0 Å². The van der Waals surface area contributed by atoms with Gasteiger partial charge in [-0.1, -0.05) is 62.7 Å². The van der Waals surface area contributed by atoms with E-state index in [0.717, 1.165) is 17.5 Å². The van der Waals surface area contributed by atoms with E-state index in [0.29, 0.717) is 12.1 Å². The first-order chi connectivity index (χ1) is 13.0. The first-order valence-corrected chi connectivity index (χ1v) is 9.02. The maximum absolute atomic E-state index is 12.6. The molecule has 5 heteroatoms. The molecule has 2 aromatic carbocycles. The topological polar surface area (TPSA) is 79.2 Å². The Hall–Kier alpha value is -3.13. The maximum atomic E-state index is 12.6. The van der Waals surface area contributed by atoms with Gasteiger partial charge in [0.15, 0.2) is 6.61 Å². The molecule has 0 saturated carbocycles. The van der Waals surface area contributed by atoms with Crippen LogP contribution in [-0.4, -0.2) is 18.5 Å². The quantitative estimate of drug-likeness (QED) is 0.716. The van der Waals surface area contributed by atoms with E-state index in [1.54, 1.807) is 24.3 Å². The second-order valence-electron chi connectivity index (χ2n) is 6.46. The smallest absolute Gasteiger partial charge is 0.314 e. The molecule has 140 valence electrons. The number of carbonyl (C=O) groups is 2. The summed E-state index contributed by atoms with van der Waals surface area (Å²) in [5.74, 6) is -1.08. The predicted octanol–water partition coefficient (Wildman–Crippen LogP) is 4.06. The Morgan fingerprint density at radius 2 is 1.78 bits per heavy atom. The molecule has 0 heterocycles. The molecule has 0 aliphatic rings. The SMILES string of the molecule is CC[C@H](C)[C@H](C(=O)OCC(=O)Nc1ccc(CC#N)cc1)c1ccccc1. The van der Waals surface area contributed by atoms with Crippen molar-refractivity contribution in [3.8, 4) is 6.07 Å². The Morgan fingerprint density at radius 3 is 2.37 bits per heavy atom. The summed E-state index contributed by atoms with van der Waals surface area (Å²) in [7, 11) is 0. The molecule has 0 aliphatic carbocycles. The maximum Gasteiger partial charge on any atom is 0.314 e. The number of esters is 1. The molecule has 0 spiro atoms. The van der Waals surface area contributed by atoms with Crippen molar-refractivity contribution in [1.29, 1.82) is 5.26 Å². The average Bonchev–Trinajstić information content (AvgIpc) is 2.69. The summed E-state index contributed by atoms with van der Waals surface area (Å²) in [6.45, 7) is 3.69. The molecule has 0 aromatic heterocycles. The fourth-order valence-electron chi connectivity index (χ4n) is 2.81. The van der Waals surface area contributed by atoms with Gasteiger partial charge in [-0.25, -0.2) is 0 Å². The van der Waals surface area contributed by atoms with Gasteiger partial charge in [-0.2, -0.15) is 5.26 Å². The van der Waals surface area contributed by atoms with E-state index >= 15 is 0 Å². The fraction of sp³-hybridized carbons (Fsp3) is 0.318. The zero-order valence-electron chi connectivity index (χ0n) is 15.6. The van der Waals surface area contributed by atoms with Crippen LogP contribution >= 0.6 is 0 Å². The van der Waals surface area contributed by atoms with E-state index in [9.17, 15) is 9.59 Å². The third-order valence-corrected chi connectivity index (χ3v) is 4.49. The van der Waals surface area contributed by atoms with E-state index in [1.807, 2.05) is 44.2 Å². The lowest BCUT2D eigenvalue weighted by atomic mass is 9.86. The van der Waals surface area contributed by atoms with Gasteiger partial charge in [-0.3, -0.25) is 9.59 Å². The molecule has 2 rings (SSSR count). The molecule has 0 bridgehead atoms. The van der Waals surface area contributed by atoms with Crippen LogP contribution in [0.5, 0.6) is 0 Å². The molecule has 5 nitrogen and oxygen atoms in total. The summed E-state index contributed by atoms with van der Waals surface area (Å²) >= 11 is 0. The van der Waals surface area contributed by atoms with Crippen molar-refractivity contribution >= 4 is 17.6 Å². The molecule has 0 saturated heterocycles. The number of benzene rings is 2. The minimum Gasteiger partial charge on any atom is -0.455 e. The minimum atomic E-state index is -0.396. The Morgan fingerprint density at radius 1 is 1.11 bits per heavy atom. The number of anilines is 1. The van der Waals surface area contributed by atoms with Gasteiger partial charge in [0.25, 0.3) is 5.91 Å². The lowest BCUT2D eigenvalue weighted by Gasteiger charge is -2.21. The molecule has 27 heavy (non-hydrogen) atoms. The highest BCUT2D eigenvalue weighted by molar-refractivity contribution is 5.93. The number of rotatable bonds is 8. The largest absolute Gasteiger partial charge is 0.455 e. The van der Waals surface area contributed by atoms with Crippen molar-refractivity contribution < 1.29 is 14.3 Å². The highest BCUT2D eigenvalue weighted by atomic mass is 16.5. The Balaban J connectivity index is 1.94. The molecule has 0 radical (unpaired) electrons. The summed E-state index contributed by atoms with van der Waals surface area (Å²) in [6, 6.07) is 18.6. The van der Waals surface area contributed by atoms with E-state index in [-0.39, 0.29) is 12.5 Å². The molecule has 1 amide bonds. The second-order valence-corrected chi connectivity index (χ2v) is 6.46. The average molecular weight is 364 g/mol. The number of ether oxygens (including phenoxy) is 1. The first kappa shape index (κ1) is 20.2. The van der Waals surface area contributed by atoms with Crippen molar-refractivity contribution in [2.24, 2.45) is 5.92 Å². The van der Waals surface area contributed by atoms with Crippen LogP contribution in [-0.2, 0) is 20.7 Å². The number of nitrogens with zero attached hydrogens (tertiary/aromatic N) is 1. The minimum absolute atomic E-state index is 0.107. The summed E-state index contributed by atoms with van der Waals surface area (Å²) in [5, 5.41) is 11.4. The third-order valence-electron chi connectivity index (χ3n) is 4.49. The van der Waals surface area contributed by atoms with Gasteiger partial charge in [0.2, 0.25) is 0 Å². The van der Waals surface area contributed by atoms with Crippen LogP contribution in [0.4, 0.5) is 5.69 Å². The number of nitriles is 1. The van der Waals surface area contributed by atoms with Crippen LogP contribution < -0.4 is 5.32 Å². The highest BCUT2D eigenvalue weighted by Crippen LogP contribution is 2.28. The van der Waals surface area contributed by atoms with E-state index < -0.39 is 17.8 Å². The van der Waals surface area contributed by atoms with Crippen LogP contribution in [0.1, 0.15) is 37.3 Å². The van der Waals surface area contributed by atoms with Gasteiger partial charge >= 0.3 is 5.97 Å². The molecule has 0 aliphatic heterocycles. The lowest BCUT2D eigenvalue weighted by Crippen LogP contribution is -2.26. The highest BCUT2D eigenvalue weighted by Gasteiger charge is 2.27. The second kappa shape index (κ2) is 10.1. The lowest BCUT2D eigenvalue weighted by molar-refractivity contribution is -0.150. The number of hydrogen-bond donors (Lipinski definition) is 1. The molecule has 1 N–H and O–H groups in total. The summed E-state index contributed by atoms with van der Waals surface area (Å²) in [5.41, 5.74) is 2.37. The molecule has 0 unspecified atom stereocenters. The molecule has 2 atom stereocenters. The Kier molecular flexibility index (Phi) is 7.57.